The second kappa shape index (κ2) is 4.85. The van der Waals surface area contributed by atoms with Gasteiger partial charge >= 0.3 is 0 Å². The van der Waals surface area contributed by atoms with E-state index in [4.69, 9.17) is 17.0 Å². The van der Waals surface area contributed by atoms with Crippen LogP contribution in [0, 0.1) is 4.64 Å². The molecule has 0 fully saturated rings. The van der Waals surface area contributed by atoms with Gasteiger partial charge in [0.25, 0.3) is 0 Å². The fraction of sp³-hybridized carbons (Fsp3) is 0.182. The topological polar surface area (TPSA) is 50.8 Å². The molecule has 2 aromatic rings. The van der Waals surface area contributed by atoms with Crippen molar-refractivity contribution < 1.29 is 4.74 Å². The molecule has 5 heteroatoms. The van der Waals surface area contributed by atoms with Gasteiger partial charge in [0, 0.05) is 11.8 Å². The number of hydrogen-bond donors (Lipinski definition) is 1. The normalized spacial score (nSPS) is 10.1. The second-order valence-corrected chi connectivity index (χ2v) is 3.56. The molecule has 0 bridgehead atoms. The predicted octanol–water partition coefficient (Wildman–Crippen LogP) is 2.60. The van der Waals surface area contributed by atoms with Crippen molar-refractivity contribution in [3.05, 3.63) is 35.5 Å². The molecule has 16 heavy (non-hydrogen) atoms. The second-order valence-electron chi connectivity index (χ2n) is 3.14. The van der Waals surface area contributed by atoms with Gasteiger partial charge in [0.15, 0.2) is 0 Å². The Hall–Kier alpha value is -1.75. The van der Waals surface area contributed by atoms with Gasteiger partial charge in [-0.1, -0.05) is 12.2 Å². The highest BCUT2D eigenvalue weighted by atomic mass is 32.1. The molecule has 82 valence electrons. The Morgan fingerprint density at radius 1 is 1.38 bits per heavy atom. The van der Waals surface area contributed by atoms with Crippen molar-refractivity contribution in [1.82, 2.24) is 15.0 Å². The third-order valence-electron chi connectivity index (χ3n) is 2.01. The van der Waals surface area contributed by atoms with E-state index in [0.717, 1.165) is 17.0 Å². The zero-order valence-corrected chi connectivity index (χ0v) is 9.62. The van der Waals surface area contributed by atoms with Crippen LogP contribution in [0.25, 0.3) is 11.3 Å². The minimum atomic E-state index is 0.551. The van der Waals surface area contributed by atoms with Crippen molar-refractivity contribution in [2.75, 3.05) is 6.61 Å². The van der Waals surface area contributed by atoms with Crippen LogP contribution in [0.1, 0.15) is 6.92 Å². The zero-order valence-electron chi connectivity index (χ0n) is 8.80. The monoisotopic (exact) mass is 233 g/mol. The maximum atomic E-state index is 5.38. The summed E-state index contributed by atoms with van der Waals surface area (Å²) in [6.45, 7) is 2.56. The Kier molecular flexibility index (Phi) is 3.26. The van der Waals surface area contributed by atoms with Gasteiger partial charge in [0.2, 0.25) is 0 Å². The number of pyridine rings is 1. The van der Waals surface area contributed by atoms with E-state index in [2.05, 4.69) is 15.0 Å². The number of ether oxygens (including phenoxy) is 1. The lowest BCUT2D eigenvalue weighted by molar-refractivity contribution is 0.339. The molecular formula is C11H11N3OS. The third kappa shape index (κ3) is 2.43. The summed E-state index contributed by atoms with van der Waals surface area (Å²) in [6.07, 6.45) is 5.01. The molecule has 0 aromatic carbocycles. The molecule has 0 aliphatic rings. The molecule has 0 atom stereocenters. The zero-order chi connectivity index (χ0) is 11.4. The first-order chi connectivity index (χ1) is 7.79. The highest BCUT2D eigenvalue weighted by Gasteiger charge is 2.00. The predicted molar refractivity (Wildman–Crippen MR) is 63.8 cm³/mol. The standard InChI is InChI=1S/C11H11N3OS/c1-2-15-9-3-8(5-12-6-9)10-4-11(16)14-7-13-10/h3-7H,2H2,1H3,(H,13,14,16). The average molecular weight is 233 g/mol. The molecule has 2 aromatic heterocycles. The van der Waals surface area contributed by atoms with E-state index in [-0.39, 0.29) is 0 Å². The fourth-order valence-electron chi connectivity index (χ4n) is 1.35. The van der Waals surface area contributed by atoms with Gasteiger partial charge in [-0.2, -0.15) is 0 Å². The average Bonchev–Trinajstić information content (AvgIpc) is 2.30. The summed E-state index contributed by atoms with van der Waals surface area (Å²) in [5.74, 6) is 0.746. The first-order valence-electron chi connectivity index (χ1n) is 4.92. The highest BCUT2D eigenvalue weighted by molar-refractivity contribution is 7.71. The van der Waals surface area contributed by atoms with Gasteiger partial charge in [0.1, 0.15) is 10.4 Å². The molecule has 0 spiro atoms. The molecule has 0 unspecified atom stereocenters. The maximum Gasteiger partial charge on any atom is 0.138 e. The van der Waals surface area contributed by atoms with Crippen molar-refractivity contribution in [2.24, 2.45) is 0 Å². The summed E-state index contributed by atoms with van der Waals surface area (Å²) in [6, 6.07) is 3.71. The summed E-state index contributed by atoms with van der Waals surface area (Å²) in [5.41, 5.74) is 1.81. The minimum Gasteiger partial charge on any atom is -0.492 e. The van der Waals surface area contributed by atoms with E-state index in [1.165, 1.54) is 0 Å². The summed E-state index contributed by atoms with van der Waals surface area (Å²) >= 11 is 5.00. The van der Waals surface area contributed by atoms with Gasteiger partial charge < -0.3 is 9.72 Å². The number of rotatable bonds is 3. The van der Waals surface area contributed by atoms with Crippen molar-refractivity contribution in [2.45, 2.75) is 6.92 Å². The molecule has 0 aliphatic heterocycles. The van der Waals surface area contributed by atoms with Crippen molar-refractivity contribution >= 4 is 12.2 Å². The number of nitrogens with zero attached hydrogens (tertiary/aromatic N) is 2. The van der Waals surface area contributed by atoms with Crippen LogP contribution < -0.4 is 4.74 Å². The van der Waals surface area contributed by atoms with Crippen LogP contribution >= 0.6 is 12.2 Å². The van der Waals surface area contributed by atoms with Gasteiger partial charge in [0.05, 0.1) is 24.8 Å². The third-order valence-corrected chi connectivity index (χ3v) is 2.24. The largest absolute Gasteiger partial charge is 0.492 e. The summed E-state index contributed by atoms with van der Waals surface area (Å²) in [4.78, 5) is 11.1. The number of H-pyrrole nitrogens is 1. The van der Waals surface area contributed by atoms with Crippen LogP contribution in [0.3, 0.4) is 0 Å². The lowest BCUT2D eigenvalue weighted by Gasteiger charge is -2.05. The van der Waals surface area contributed by atoms with Crippen LogP contribution in [0.15, 0.2) is 30.9 Å². The van der Waals surface area contributed by atoms with Crippen LogP contribution in [-0.2, 0) is 0 Å². The van der Waals surface area contributed by atoms with E-state index in [1.807, 2.05) is 13.0 Å². The molecule has 0 saturated carbocycles. The molecule has 0 radical (unpaired) electrons. The first kappa shape index (κ1) is 10.8. The Morgan fingerprint density at radius 2 is 2.25 bits per heavy atom. The smallest absolute Gasteiger partial charge is 0.138 e. The Morgan fingerprint density at radius 3 is 3.00 bits per heavy atom. The van der Waals surface area contributed by atoms with Crippen molar-refractivity contribution in [1.29, 1.82) is 0 Å². The minimum absolute atomic E-state index is 0.551. The molecule has 0 saturated heterocycles. The molecule has 0 aliphatic carbocycles. The number of nitrogens with one attached hydrogen (secondary N) is 1. The van der Waals surface area contributed by atoms with Gasteiger partial charge in [-0.15, -0.1) is 0 Å². The molecule has 1 N–H and O–H groups in total. The quantitative estimate of drug-likeness (QED) is 0.828. The summed E-state index contributed by atoms with van der Waals surface area (Å²) < 4.78 is 5.93. The molecule has 2 heterocycles. The molecule has 0 amide bonds. The fourth-order valence-corrected chi connectivity index (χ4v) is 1.52. The Labute approximate surface area is 98.3 Å². The number of aromatic nitrogens is 3. The highest BCUT2D eigenvalue weighted by Crippen LogP contribution is 2.20. The van der Waals surface area contributed by atoms with Gasteiger partial charge in [-0.05, 0) is 19.1 Å². The molecule has 4 nitrogen and oxygen atoms in total. The van der Waals surface area contributed by atoms with E-state index < -0.39 is 0 Å². The van der Waals surface area contributed by atoms with Gasteiger partial charge in [-0.3, -0.25) is 4.98 Å². The maximum absolute atomic E-state index is 5.38. The lowest BCUT2D eigenvalue weighted by Crippen LogP contribution is -1.93. The first-order valence-corrected chi connectivity index (χ1v) is 5.33. The Bertz CT molecular complexity index is 539. The van der Waals surface area contributed by atoms with E-state index >= 15 is 0 Å². The molecule has 2 rings (SSSR count). The summed E-state index contributed by atoms with van der Waals surface area (Å²) in [7, 11) is 0. The number of hydrogen-bond acceptors (Lipinski definition) is 4. The molecular weight excluding hydrogens is 222 g/mol. The van der Waals surface area contributed by atoms with E-state index in [0.29, 0.717) is 11.2 Å². The number of aromatic amines is 1. The van der Waals surface area contributed by atoms with Crippen LogP contribution in [0.5, 0.6) is 5.75 Å². The van der Waals surface area contributed by atoms with E-state index in [1.54, 1.807) is 24.8 Å². The van der Waals surface area contributed by atoms with Crippen molar-refractivity contribution in [3.63, 3.8) is 0 Å². The van der Waals surface area contributed by atoms with E-state index in [9.17, 15) is 0 Å². The lowest BCUT2D eigenvalue weighted by atomic mass is 10.2. The van der Waals surface area contributed by atoms with Crippen LogP contribution in [0.2, 0.25) is 0 Å². The van der Waals surface area contributed by atoms with Crippen molar-refractivity contribution in [3.8, 4) is 17.0 Å². The summed E-state index contributed by atoms with van der Waals surface area (Å²) in [5, 5.41) is 0. The Balaban J connectivity index is 2.40. The van der Waals surface area contributed by atoms with Gasteiger partial charge in [-0.25, -0.2) is 4.98 Å². The van der Waals surface area contributed by atoms with Crippen LogP contribution in [0.4, 0.5) is 0 Å². The van der Waals surface area contributed by atoms with Crippen LogP contribution in [-0.4, -0.2) is 21.6 Å². The SMILES string of the molecule is CCOc1cncc(-c2cc(=S)nc[nH]2)c1.